The maximum absolute atomic E-state index is 2.37. The molecule has 2 heteroatoms. The second-order valence-electron chi connectivity index (χ2n) is 5.72. The highest BCUT2D eigenvalue weighted by Gasteiger charge is 2.02. The van der Waals surface area contributed by atoms with Crippen molar-refractivity contribution < 1.29 is 21.5 Å². The molecule has 0 aliphatic rings. The van der Waals surface area contributed by atoms with Crippen LogP contribution in [0.15, 0.2) is 24.4 Å². The number of pyridine rings is 1. The monoisotopic (exact) mass is 341 g/mol. The summed E-state index contributed by atoms with van der Waals surface area (Å²) in [6.07, 6.45) is 16.3. The molecule has 1 aromatic heterocycles. The lowest BCUT2D eigenvalue weighted by molar-refractivity contribution is -0.703. The molecule has 0 unspecified atom stereocenters. The minimum atomic E-state index is 0. The van der Waals surface area contributed by atoms with Crippen molar-refractivity contribution in [2.75, 3.05) is 0 Å². The van der Waals surface area contributed by atoms with Gasteiger partial charge in [-0.3, -0.25) is 0 Å². The van der Waals surface area contributed by atoms with Crippen molar-refractivity contribution in [3.63, 3.8) is 0 Å². The van der Waals surface area contributed by atoms with E-state index >= 15 is 0 Å². The Bertz CT molecular complexity index is 325. The Morgan fingerprint density at radius 1 is 0.800 bits per heavy atom. The SMILES string of the molecule is CCCCCCCCCCCC[n+]1ccccc1C.[Br-]. The Balaban J connectivity index is 0.00000361. The average molecular weight is 342 g/mol. The zero-order valence-corrected chi connectivity index (χ0v) is 15.0. The van der Waals surface area contributed by atoms with Crippen LogP contribution >= 0.6 is 0 Å². The van der Waals surface area contributed by atoms with Gasteiger partial charge in [0, 0.05) is 25.5 Å². The summed E-state index contributed by atoms with van der Waals surface area (Å²) in [4.78, 5) is 0. The predicted octanol–water partition coefficient (Wildman–Crippen LogP) is 2.21. The number of hydrogen-bond donors (Lipinski definition) is 0. The van der Waals surface area contributed by atoms with Gasteiger partial charge in [-0.1, -0.05) is 64.4 Å². The van der Waals surface area contributed by atoms with E-state index in [0.717, 1.165) is 0 Å². The van der Waals surface area contributed by atoms with Crippen LogP contribution in [0.5, 0.6) is 0 Å². The molecule has 0 aliphatic carbocycles. The topological polar surface area (TPSA) is 3.88 Å². The van der Waals surface area contributed by atoms with Crippen molar-refractivity contribution in [2.45, 2.75) is 84.6 Å². The third-order valence-electron chi connectivity index (χ3n) is 3.92. The number of halogens is 1. The van der Waals surface area contributed by atoms with Gasteiger partial charge in [-0.05, 0) is 6.42 Å². The predicted molar refractivity (Wildman–Crippen MR) is 83.2 cm³/mol. The van der Waals surface area contributed by atoms with Gasteiger partial charge < -0.3 is 17.0 Å². The number of nitrogens with zero attached hydrogens (tertiary/aromatic N) is 1. The fourth-order valence-electron chi connectivity index (χ4n) is 2.58. The van der Waals surface area contributed by atoms with Crippen molar-refractivity contribution in [2.24, 2.45) is 0 Å². The van der Waals surface area contributed by atoms with Gasteiger partial charge in [-0.2, -0.15) is 0 Å². The summed E-state index contributed by atoms with van der Waals surface area (Å²) in [7, 11) is 0. The molecule has 0 bridgehead atoms. The summed E-state index contributed by atoms with van der Waals surface area (Å²) in [6.45, 7) is 5.66. The lowest BCUT2D eigenvalue weighted by atomic mass is 10.1. The maximum Gasteiger partial charge on any atom is 0.178 e. The van der Waals surface area contributed by atoms with Crippen LogP contribution in [0.1, 0.15) is 76.8 Å². The van der Waals surface area contributed by atoms with Crippen LogP contribution in [0.3, 0.4) is 0 Å². The zero-order valence-electron chi connectivity index (χ0n) is 13.4. The van der Waals surface area contributed by atoms with Gasteiger partial charge in [0.25, 0.3) is 0 Å². The first-order valence-corrected chi connectivity index (χ1v) is 8.29. The first-order valence-electron chi connectivity index (χ1n) is 8.29. The molecule has 0 aromatic carbocycles. The summed E-state index contributed by atoms with van der Waals surface area (Å²) in [6, 6.07) is 6.43. The first kappa shape index (κ1) is 19.6. The Labute approximate surface area is 136 Å². The summed E-state index contributed by atoms with van der Waals surface area (Å²) < 4.78 is 2.37. The number of aromatic nitrogens is 1. The molecule has 0 saturated carbocycles. The van der Waals surface area contributed by atoms with Crippen LogP contribution < -0.4 is 21.5 Å². The van der Waals surface area contributed by atoms with Gasteiger partial charge in [0.1, 0.15) is 6.54 Å². The summed E-state index contributed by atoms with van der Waals surface area (Å²) in [5.41, 5.74) is 1.37. The maximum atomic E-state index is 2.37. The van der Waals surface area contributed by atoms with Crippen molar-refractivity contribution >= 4 is 0 Å². The minimum Gasteiger partial charge on any atom is -1.00 e. The molecule has 1 rings (SSSR count). The third kappa shape index (κ3) is 9.52. The fourth-order valence-corrected chi connectivity index (χ4v) is 2.58. The van der Waals surface area contributed by atoms with Gasteiger partial charge >= 0.3 is 0 Å². The molecule has 1 heterocycles. The molecular formula is C18H32BrN. The van der Waals surface area contributed by atoms with Crippen LogP contribution in [0.2, 0.25) is 0 Å². The second kappa shape index (κ2) is 13.6. The molecule has 1 aromatic rings. The molecule has 0 N–H and O–H groups in total. The van der Waals surface area contributed by atoms with Crippen molar-refractivity contribution in [3.05, 3.63) is 30.1 Å². The van der Waals surface area contributed by atoms with Gasteiger partial charge in [0.05, 0.1) is 0 Å². The Hall–Kier alpha value is -0.370. The molecule has 1 nitrogen and oxygen atoms in total. The summed E-state index contributed by atoms with van der Waals surface area (Å²) in [5, 5.41) is 0. The highest BCUT2D eigenvalue weighted by atomic mass is 79.9. The smallest absolute Gasteiger partial charge is 0.178 e. The second-order valence-corrected chi connectivity index (χ2v) is 5.72. The molecule has 0 saturated heterocycles. The lowest BCUT2D eigenvalue weighted by Crippen LogP contribution is -3.00. The molecule has 0 spiro atoms. The quantitative estimate of drug-likeness (QED) is 0.429. The van der Waals surface area contributed by atoms with E-state index in [1.165, 1.54) is 76.4 Å². The van der Waals surface area contributed by atoms with E-state index in [0.29, 0.717) is 0 Å². The zero-order chi connectivity index (χ0) is 13.8. The lowest BCUT2D eigenvalue weighted by Gasteiger charge is -2.02. The highest BCUT2D eigenvalue weighted by molar-refractivity contribution is 4.93. The van der Waals surface area contributed by atoms with Crippen LogP contribution in [0.25, 0.3) is 0 Å². The molecule has 20 heavy (non-hydrogen) atoms. The molecule has 0 aliphatic heterocycles. The molecule has 116 valence electrons. The van der Waals surface area contributed by atoms with Gasteiger partial charge in [-0.25, -0.2) is 4.57 Å². The summed E-state index contributed by atoms with van der Waals surface area (Å²) in [5.74, 6) is 0. The van der Waals surface area contributed by atoms with E-state index < -0.39 is 0 Å². The summed E-state index contributed by atoms with van der Waals surface area (Å²) >= 11 is 0. The van der Waals surface area contributed by atoms with Crippen LogP contribution in [-0.4, -0.2) is 0 Å². The molecule has 0 amide bonds. The van der Waals surface area contributed by atoms with Crippen molar-refractivity contribution in [1.29, 1.82) is 0 Å². The van der Waals surface area contributed by atoms with Crippen molar-refractivity contribution in [1.82, 2.24) is 0 Å². The number of rotatable bonds is 11. The van der Waals surface area contributed by atoms with Gasteiger partial charge in [-0.15, -0.1) is 0 Å². The number of aryl methyl sites for hydroxylation is 2. The van der Waals surface area contributed by atoms with Crippen molar-refractivity contribution in [3.8, 4) is 0 Å². The van der Waals surface area contributed by atoms with E-state index in [4.69, 9.17) is 0 Å². The van der Waals surface area contributed by atoms with Crippen LogP contribution in [0.4, 0.5) is 0 Å². The third-order valence-corrected chi connectivity index (χ3v) is 3.92. The van der Waals surface area contributed by atoms with E-state index in [9.17, 15) is 0 Å². The average Bonchev–Trinajstić information content (AvgIpc) is 2.43. The van der Waals surface area contributed by atoms with Gasteiger partial charge in [0.2, 0.25) is 0 Å². The van der Waals surface area contributed by atoms with Gasteiger partial charge in [0.15, 0.2) is 11.9 Å². The molecular weight excluding hydrogens is 310 g/mol. The van der Waals surface area contributed by atoms with E-state index in [1.54, 1.807) is 0 Å². The highest BCUT2D eigenvalue weighted by Crippen LogP contribution is 2.10. The van der Waals surface area contributed by atoms with E-state index in [-0.39, 0.29) is 17.0 Å². The van der Waals surface area contributed by atoms with Crippen LogP contribution in [0, 0.1) is 6.92 Å². The molecule has 0 fully saturated rings. The largest absolute Gasteiger partial charge is 1.00 e. The first-order chi connectivity index (χ1) is 9.34. The minimum absolute atomic E-state index is 0. The Morgan fingerprint density at radius 3 is 1.90 bits per heavy atom. The number of unbranched alkanes of at least 4 members (excludes halogenated alkanes) is 9. The molecule has 0 atom stereocenters. The molecule has 0 radical (unpaired) electrons. The normalized spacial score (nSPS) is 10.3. The number of hydrogen-bond acceptors (Lipinski definition) is 0. The van der Waals surface area contributed by atoms with E-state index in [2.05, 4.69) is 42.8 Å². The fraction of sp³-hybridized carbons (Fsp3) is 0.722. The Kier molecular flexibility index (Phi) is 13.4. The van der Waals surface area contributed by atoms with Crippen LogP contribution in [-0.2, 0) is 6.54 Å². The van der Waals surface area contributed by atoms with E-state index in [1.807, 2.05) is 0 Å². The standard InChI is InChI=1S/C18H32N.BrH/c1-3-4-5-6-7-8-9-10-11-13-16-19-17-14-12-15-18(19)2;/h12,14-15,17H,3-11,13,16H2,1-2H3;1H/q+1;/p-1. The Morgan fingerprint density at radius 2 is 1.35 bits per heavy atom.